The van der Waals surface area contributed by atoms with Crippen LogP contribution in [-0.4, -0.2) is 64.4 Å². The fourth-order valence-electron chi connectivity index (χ4n) is 3.91. The van der Waals surface area contributed by atoms with E-state index in [-0.39, 0.29) is 25.1 Å². The molecule has 7 nitrogen and oxygen atoms in total. The molecule has 0 saturated carbocycles. The summed E-state index contributed by atoms with van der Waals surface area (Å²) in [5.74, 6) is 0.692. The summed E-state index contributed by atoms with van der Waals surface area (Å²) in [5, 5.41) is 9.05. The summed E-state index contributed by atoms with van der Waals surface area (Å²) in [6.45, 7) is 1.06. The topological polar surface area (TPSA) is 75.0 Å². The molecule has 1 atom stereocenters. The van der Waals surface area contributed by atoms with Crippen molar-refractivity contribution in [3.63, 3.8) is 0 Å². The number of benzene rings is 2. The maximum absolute atomic E-state index is 13.4. The van der Waals surface area contributed by atoms with E-state index in [0.717, 1.165) is 6.07 Å². The van der Waals surface area contributed by atoms with Crippen LogP contribution in [0.15, 0.2) is 36.4 Å². The highest BCUT2D eigenvalue weighted by Gasteiger charge is 2.36. The maximum Gasteiger partial charge on any atom is 0.417 e. The molecule has 0 radical (unpaired) electrons. The lowest BCUT2D eigenvalue weighted by atomic mass is 10.0. The molecule has 1 amide bonds. The van der Waals surface area contributed by atoms with Crippen LogP contribution in [0.2, 0.25) is 0 Å². The van der Waals surface area contributed by atoms with Gasteiger partial charge in [-0.3, -0.25) is 4.79 Å². The second-order valence-electron chi connectivity index (χ2n) is 7.46. The Kier molecular flexibility index (Phi) is 7.33. The highest BCUT2D eigenvalue weighted by Crippen LogP contribution is 2.35. The first-order chi connectivity index (χ1) is 15.7. The lowest BCUT2D eigenvalue weighted by Crippen LogP contribution is -2.56. The molecule has 2 aromatic carbocycles. The fraction of sp³-hybridized carbons (Fsp3) is 0.391. The van der Waals surface area contributed by atoms with Crippen molar-refractivity contribution in [2.45, 2.75) is 12.2 Å². The van der Waals surface area contributed by atoms with Crippen molar-refractivity contribution >= 4 is 11.6 Å². The van der Waals surface area contributed by atoms with E-state index >= 15 is 0 Å². The quantitative estimate of drug-likeness (QED) is 0.652. The highest BCUT2D eigenvalue weighted by molar-refractivity contribution is 5.95. The van der Waals surface area contributed by atoms with Gasteiger partial charge >= 0.3 is 6.18 Å². The molecule has 1 aliphatic heterocycles. The minimum absolute atomic E-state index is 0.205. The first-order valence-corrected chi connectivity index (χ1v) is 10.1. The summed E-state index contributed by atoms with van der Waals surface area (Å²) in [6.07, 6.45) is -4.65. The van der Waals surface area contributed by atoms with Gasteiger partial charge in [0.1, 0.15) is 0 Å². The third kappa shape index (κ3) is 5.14. The second kappa shape index (κ2) is 10.0. The van der Waals surface area contributed by atoms with E-state index < -0.39 is 17.3 Å². The summed E-state index contributed by atoms with van der Waals surface area (Å²) in [4.78, 5) is 16.5. The number of ether oxygens (including phenoxy) is 3. The molecular formula is C23H24F3N3O4. The SMILES string of the molecule is COCC1CN(C(=O)c2ccc(OC)c(OC)c2)CCN1c1ccc(C#N)c(C(F)(F)F)c1. The molecular weight excluding hydrogens is 439 g/mol. The average molecular weight is 463 g/mol. The molecule has 10 heteroatoms. The number of halogens is 3. The van der Waals surface area contributed by atoms with Gasteiger partial charge in [-0.1, -0.05) is 0 Å². The van der Waals surface area contributed by atoms with Crippen molar-refractivity contribution in [1.82, 2.24) is 4.90 Å². The van der Waals surface area contributed by atoms with E-state index in [1.807, 2.05) is 0 Å². The number of alkyl halides is 3. The van der Waals surface area contributed by atoms with E-state index in [1.165, 1.54) is 33.5 Å². The van der Waals surface area contributed by atoms with Crippen LogP contribution in [0.3, 0.4) is 0 Å². The second-order valence-corrected chi connectivity index (χ2v) is 7.46. The van der Waals surface area contributed by atoms with Crippen molar-refractivity contribution in [3.8, 4) is 17.6 Å². The standard InChI is InChI=1S/C23H24F3N3O4/c1-31-14-18-13-28(22(30)15-5-7-20(32-2)21(10-15)33-3)8-9-29(18)17-6-4-16(12-27)19(11-17)23(24,25)26/h4-7,10-11,18H,8-9,13-14H2,1-3H3. The van der Waals surface area contributed by atoms with Gasteiger partial charge in [0.25, 0.3) is 5.91 Å². The summed E-state index contributed by atoms with van der Waals surface area (Å²) in [6, 6.07) is 9.73. The Morgan fingerprint density at radius 3 is 2.42 bits per heavy atom. The number of nitriles is 1. The van der Waals surface area contributed by atoms with E-state index in [1.54, 1.807) is 34.1 Å². The minimum atomic E-state index is -4.65. The van der Waals surface area contributed by atoms with Gasteiger partial charge < -0.3 is 24.0 Å². The van der Waals surface area contributed by atoms with E-state index in [0.29, 0.717) is 35.8 Å². The van der Waals surface area contributed by atoms with Gasteiger partial charge in [0, 0.05) is 38.0 Å². The Morgan fingerprint density at radius 1 is 1.09 bits per heavy atom. The van der Waals surface area contributed by atoms with E-state index in [2.05, 4.69) is 0 Å². The molecule has 0 spiro atoms. The molecule has 1 saturated heterocycles. The van der Waals surface area contributed by atoms with Crippen molar-refractivity contribution < 1.29 is 32.2 Å². The smallest absolute Gasteiger partial charge is 0.417 e. The van der Waals surface area contributed by atoms with Crippen LogP contribution in [0.4, 0.5) is 18.9 Å². The Hall–Kier alpha value is -3.45. The van der Waals surface area contributed by atoms with E-state index in [9.17, 15) is 18.0 Å². The zero-order valence-electron chi connectivity index (χ0n) is 18.5. The normalized spacial score (nSPS) is 16.3. The maximum atomic E-state index is 13.4. The first-order valence-electron chi connectivity index (χ1n) is 10.1. The lowest BCUT2D eigenvalue weighted by molar-refractivity contribution is -0.137. The lowest BCUT2D eigenvalue weighted by Gasteiger charge is -2.42. The number of piperazine rings is 1. The Morgan fingerprint density at radius 2 is 1.82 bits per heavy atom. The Bertz CT molecular complexity index is 1050. The fourth-order valence-corrected chi connectivity index (χ4v) is 3.91. The number of amides is 1. The van der Waals surface area contributed by atoms with Crippen molar-refractivity contribution in [3.05, 3.63) is 53.1 Å². The van der Waals surface area contributed by atoms with Gasteiger partial charge in [-0.15, -0.1) is 0 Å². The molecule has 0 aliphatic carbocycles. The van der Waals surface area contributed by atoms with Crippen molar-refractivity contribution in [2.75, 3.05) is 52.5 Å². The van der Waals surface area contributed by atoms with Crippen LogP contribution in [0.5, 0.6) is 11.5 Å². The number of hydrogen-bond acceptors (Lipinski definition) is 6. The largest absolute Gasteiger partial charge is 0.493 e. The van der Waals surface area contributed by atoms with Gasteiger partial charge in [0.2, 0.25) is 0 Å². The van der Waals surface area contributed by atoms with Gasteiger partial charge in [-0.05, 0) is 36.4 Å². The molecule has 1 aliphatic rings. The summed E-state index contributed by atoms with van der Waals surface area (Å²) < 4.78 is 56.1. The summed E-state index contributed by atoms with van der Waals surface area (Å²) in [5.41, 5.74) is -0.684. The predicted molar refractivity (Wildman–Crippen MR) is 115 cm³/mol. The van der Waals surface area contributed by atoms with Crippen LogP contribution >= 0.6 is 0 Å². The summed E-state index contributed by atoms with van der Waals surface area (Å²) >= 11 is 0. The third-order valence-corrected chi connectivity index (χ3v) is 5.52. The number of hydrogen-bond donors (Lipinski definition) is 0. The number of anilines is 1. The predicted octanol–water partition coefficient (Wildman–Crippen LogP) is 3.57. The first kappa shape index (κ1) is 24.2. The highest BCUT2D eigenvalue weighted by atomic mass is 19.4. The zero-order valence-corrected chi connectivity index (χ0v) is 18.5. The van der Waals surface area contributed by atoms with Gasteiger partial charge in [0.15, 0.2) is 11.5 Å². The van der Waals surface area contributed by atoms with Gasteiger partial charge in [-0.25, -0.2) is 0 Å². The van der Waals surface area contributed by atoms with Gasteiger partial charge in [-0.2, -0.15) is 18.4 Å². The van der Waals surface area contributed by atoms with Crippen molar-refractivity contribution in [1.29, 1.82) is 5.26 Å². The molecule has 2 aromatic rings. The third-order valence-electron chi connectivity index (χ3n) is 5.52. The zero-order chi connectivity index (χ0) is 24.2. The molecule has 3 rings (SSSR count). The molecule has 176 valence electrons. The monoisotopic (exact) mass is 463 g/mol. The molecule has 0 aromatic heterocycles. The molecule has 1 unspecified atom stereocenters. The van der Waals surface area contributed by atoms with Crippen LogP contribution in [0.1, 0.15) is 21.5 Å². The molecule has 1 heterocycles. The van der Waals surface area contributed by atoms with Crippen LogP contribution < -0.4 is 14.4 Å². The minimum Gasteiger partial charge on any atom is -0.493 e. The number of carbonyl (C=O) groups excluding carboxylic acids is 1. The molecule has 1 fully saturated rings. The molecule has 0 bridgehead atoms. The Balaban J connectivity index is 1.85. The molecule has 33 heavy (non-hydrogen) atoms. The summed E-state index contributed by atoms with van der Waals surface area (Å²) in [7, 11) is 4.47. The average Bonchev–Trinajstić information content (AvgIpc) is 2.82. The number of methoxy groups -OCH3 is 3. The Labute approximate surface area is 189 Å². The van der Waals surface area contributed by atoms with Gasteiger partial charge in [0.05, 0.1) is 44.1 Å². The number of carbonyl (C=O) groups is 1. The number of rotatable bonds is 6. The van der Waals surface area contributed by atoms with Crippen LogP contribution in [0, 0.1) is 11.3 Å². The van der Waals surface area contributed by atoms with Crippen LogP contribution in [-0.2, 0) is 10.9 Å². The van der Waals surface area contributed by atoms with Crippen molar-refractivity contribution in [2.24, 2.45) is 0 Å². The number of nitrogens with zero attached hydrogens (tertiary/aromatic N) is 3. The van der Waals surface area contributed by atoms with E-state index in [4.69, 9.17) is 19.5 Å². The molecule has 0 N–H and O–H groups in total. The van der Waals surface area contributed by atoms with Crippen LogP contribution in [0.25, 0.3) is 0 Å².